The summed E-state index contributed by atoms with van der Waals surface area (Å²) in [6, 6.07) is 6.86. The molecule has 0 aromatic carbocycles. The average molecular weight is 383 g/mol. The first-order valence-electron chi connectivity index (χ1n) is 8.17. The van der Waals surface area contributed by atoms with E-state index in [0.717, 1.165) is 11.1 Å². The minimum atomic E-state index is -0.296. The molecule has 0 fully saturated rings. The summed E-state index contributed by atoms with van der Waals surface area (Å²) in [6.07, 6.45) is 3.15. The summed E-state index contributed by atoms with van der Waals surface area (Å²) < 4.78 is 1.61. The standard InChI is InChI=1S/C17H15ClN8O/c1-9(14-6-11-5-12(18)8-20-16(11)22-17(14)27)21-15-7-13(3-4-19-15)26-10(2)23-24-25-26/h3-9H,1-2H3,(H,19,21)(H,20,22,27). The number of halogens is 1. The predicted molar refractivity (Wildman–Crippen MR) is 101 cm³/mol. The molecule has 0 amide bonds. The van der Waals surface area contributed by atoms with Crippen molar-refractivity contribution in [1.29, 1.82) is 0 Å². The number of hydrogen-bond donors (Lipinski definition) is 2. The van der Waals surface area contributed by atoms with Crippen LogP contribution in [0, 0.1) is 6.92 Å². The molecule has 27 heavy (non-hydrogen) atoms. The van der Waals surface area contributed by atoms with Gasteiger partial charge in [-0.15, -0.1) is 5.10 Å². The molecule has 4 heterocycles. The number of tetrazole rings is 1. The van der Waals surface area contributed by atoms with Crippen LogP contribution in [-0.2, 0) is 0 Å². The first-order chi connectivity index (χ1) is 13.0. The Morgan fingerprint density at radius 3 is 2.89 bits per heavy atom. The third-order valence-corrected chi connectivity index (χ3v) is 4.34. The highest BCUT2D eigenvalue weighted by Gasteiger charge is 2.13. The van der Waals surface area contributed by atoms with Crippen LogP contribution in [0.3, 0.4) is 0 Å². The lowest BCUT2D eigenvalue weighted by molar-refractivity contribution is 0.777. The van der Waals surface area contributed by atoms with Gasteiger partial charge in [0.2, 0.25) is 0 Å². The van der Waals surface area contributed by atoms with Crippen molar-refractivity contribution in [1.82, 2.24) is 35.2 Å². The molecule has 0 bridgehead atoms. The normalized spacial score (nSPS) is 12.3. The van der Waals surface area contributed by atoms with E-state index in [-0.39, 0.29) is 11.6 Å². The van der Waals surface area contributed by atoms with Crippen LogP contribution in [0.4, 0.5) is 5.82 Å². The number of H-pyrrole nitrogens is 1. The maximum Gasteiger partial charge on any atom is 0.254 e. The number of hydrogen-bond acceptors (Lipinski definition) is 7. The van der Waals surface area contributed by atoms with Gasteiger partial charge in [0, 0.05) is 29.4 Å². The smallest absolute Gasteiger partial charge is 0.254 e. The van der Waals surface area contributed by atoms with Crippen molar-refractivity contribution >= 4 is 28.5 Å². The second-order valence-electron chi connectivity index (χ2n) is 6.05. The fourth-order valence-corrected chi connectivity index (χ4v) is 2.97. The van der Waals surface area contributed by atoms with Gasteiger partial charge in [0.1, 0.15) is 11.5 Å². The lowest BCUT2D eigenvalue weighted by Gasteiger charge is -2.15. The monoisotopic (exact) mass is 382 g/mol. The molecule has 4 rings (SSSR count). The Bertz CT molecular complexity index is 1180. The van der Waals surface area contributed by atoms with Crippen LogP contribution >= 0.6 is 11.6 Å². The Kier molecular flexibility index (Phi) is 4.28. The molecule has 0 radical (unpaired) electrons. The number of fused-ring (bicyclic) bond motifs is 1. The molecule has 0 saturated carbocycles. The van der Waals surface area contributed by atoms with Crippen LogP contribution in [0.5, 0.6) is 0 Å². The van der Waals surface area contributed by atoms with E-state index in [1.807, 2.05) is 19.9 Å². The van der Waals surface area contributed by atoms with Gasteiger partial charge in [-0.05, 0) is 42.5 Å². The summed E-state index contributed by atoms with van der Waals surface area (Å²) in [4.78, 5) is 23.6. The Labute approximate surface area is 158 Å². The van der Waals surface area contributed by atoms with Crippen LogP contribution in [0.15, 0.2) is 41.5 Å². The molecule has 2 N–H and O–H groups in total. The van der Waals surface area contributed by atoms with Crippen molar-refractivity contribution in [3.05, 3.63) is 63.4 Å². The number of anilines is 1. The lowest BCUT2D eigenvalue weighted by Crippen LogP contribution is -2.20. The number of rotatable bonds is 4. The van der Waals surface area contributed by atoms with Crippen LogP contribution in [-0.4, -0.2) is 35.2 Å². The number of nitrogens with zero attached hydrogens (tertiary/aromatic N) is 6. The van der Waals surface area contributed by atoms with Gasteiger partial charge in [-0.2, -0.15) is 4.68 Å². The zero-order chi connectivity index (χ0) is 19.0. The van der Waals surface area contributed by atoms with Crippen molar-refractivity contribution in [3.63, 3.8) is 0 Å². The van der Waals surface area contributed by atoms with Crippen molar-refractivity contribution in [3.8, 4) is 5.69 Å². The van der Waals surface area contributed by atoms with Crippen molar-refractivity contribution in [2.75, 3.05) is 5.32 Å². The number of aryl methyl sites for hydroxylation is 1. The summed E-state index contributed by atoms with van der Waals surface area (Å²) in [5.74, 6) is 1.26. The number of pyridine rings is 3. The highest BCUT2D eigenvalue weighted by atomic mass is 35.5. The van der Waals surface area contributed by atoms with Gasteiger partial charge in [0.25, 0.3) is 5.56 Å². The Balaban J connectivity index is 1.65. The molecule has 0 aliphatic carbocycles. The average Bonchev–Trinajstić information content (AvgIpc) is 3.07. The molecule has 0 aliphatic rings. The summed E-state index contributed by atoms with van der Waals surface area (Å²) in [5, 5.41) is 16.0. The maximum absolute atomic E-state index is 12.4. The van der Waals surface area contributed by atoms with Crippen LogP contribution in [0.25, 0.3) is 16.7 Å². The summed E-state index contributed by atoms with van der Waals surface area (Å²) in [5.41, 5.74) is 1.60. The summed E-state index contributed by atoms with van der Waals surface area (Å²) in [6.45, 7) is 3.69. The largest absolute Gasteiger partial charge is 0.363 e. The van der Waals surface area contributed by atoms with E-state index in [0.29, 0.717) is 27.9 Å². The molecule has 1 unspecified atom stereocenters. The lowest BCUT2D eigenvalue weighted by atomic mass is 10.1. The highest BCUT2D eigenvalue weighted by molar-refractivity contribution is 6.31. The van der Waals surface area contributed by atoms with E-state index in [2.05, 4.69) is 35.8 Å². The van der Waals surface area contributed by atoms with Crippen molar-refractivity contribution < 1.29 is 0 Å². The molecular formula is C17H15ClN8O. The van der Waals surface area contributed by atoms with Crippen LogP contribution in [0.2, 0.25) is 5.02 Å². The highest BCUT2D eigenvalue weighted by Crippen LogP contribution is 2.21. The van der Waals surface area contributed by atoms with Gasteiger partial charge < -0.3 is 10.3 Å². The Hall–Kier alpha value is -3.33. The number of nitrogens with one attached hydrogen (secondary N) is 2. The van der Waals surface area contributed by atoms with Crippen molar-refractivity contribution in [2.45, 2.75) is 19.9 Å². The Morgan fingerprint density at radius 1 is 1.26 bits per heavy atom. The molecule has 136 valence electrons. The maximum atomic E-state index is 12.4. The molecule has 4 aromatic rings. The third-order valence-electron chi connectivity index (χ3n) is 4.13. The first kappa shape index (κ1) is 17.1. The molecule has 4 aromatic heterocycles. The fraction of sp³-hybridized carbons (Fsp3) is 0.176. The minimum absolute atomic E-state index is 0.218. The topological polar surface area (TPSA) is 114 Å². The molecule has 0 spiro atoms. The van der Waals surface area contributed by atoms with Crippen LogP contribution < -0.4 is 10.9 Å². The Morgan fingerprint density at radius 2 is 2.11 bits per heavy atom. The van der Waals surface area contributed by atoms with Gasteiger partial charge in [-0.3, -0.25) is 4.79 Å². The second kappa shape index (κ2) is 6.76. The number of aromatic nitrogens is 7. The van der Waals surface area contributed by atoms with E-state index < -0.39 is 0 Å². The first-order valence-corrected chi connectivity index (χ1v) is 8.55. The van der Waals surface area contributed by atoms with Crippen molar-refractivity contribution in [2.24, 2.45) is 0 Å². The van der Waals surface area contributed by atoms with Gasteiger partial charge in [-0.1, -0.05) is 11.6 Å². The van der Waals surface area contributed by atoms with Gasteiger partial charge in [-0.25, -0.2) is 9.97 Å². The van der Waals surface area contributed by atoms with E-state index in [4.69, 9.17) is 11.6 Å². The van der Waals surface area contributed by atoms with Gasteiger partial charge >= 0.3 is 0 Å². The molecule has 10 heteroatoms. The molecule has 9 nitrogen and oxygen atoms in total. The molecule has 0 aliphatic heterocycles. The second-order valence-corrected chi connectivity index (χ2v) is 6.48. The fourth-order valence-electron chi connectivity index (χ4n) is 2.80. The molecule has 0 saturated heterocycles. The van der Waals surface area contributed by atoms with E-state index >= 15 is 0 Å². The number of aromatic amines is 1. The third kappa shape index (κ3) is 3.36. The van der Waals surface area contributed by atoms with Gasteiger partial charge in [0.15, 0.2) is 5.82 Å². The van der Waals surface area contributed by atoms with E-state index in [9.17, 15) is 4.79 Å². The van der Waals surface area contributed by atoms with Gasteiger partial charge in [0.05, 0.1) is 16.8 Å². The molecule has 1 atom stereocenters. The minimum Gasteiger partial charge on any atom is -0.363 e. The van der Waals surface area contributed by atoms with Crippen LogP contribution in [0.1, 0.15) is 24.4 Å². The van der Waals surface area contributed by atoms with E-state index in [1.54, 1.807) is 29.1 Å². The molecular weight excluding hydrogens is 368 g/mol. The quantitative estimate of drug-likeness (QED) is 0.557. The zero-order valence-electron chi connectivity index (χ0n) is 14.5. The SMILES string of the molecule is Cc1nnnn1-c1ccnc(NC(C)c2cc3cc(Cl)cnc3[nH]c2=O)c1. The summed E-state index contributed by atoms with van der Waals surface area (Å²) >= 11 is 6.00. The zero-order valence-corrected chi connectivity index (χ0v) is 15.3. The summed E-state index contributed by atoms with van der Waals surface area (Å²) in [7, 11) is 0. The van der Waals surface area contributed by atoms with E-state index in [1.165, 1.54) is 6.20 Å². The predicted octanol–water partition coefficient (Wildman–Crippen LogP) is 2.43.